The van der Waals surface area contributed by atoms with Gasteiger partial charge in [0, 0.05) is 12.6 Å². The monoisotopic (exact) mass is 371 g/mol. The average molecular weight is 371 g/mol. The van der Waals surface area contributed by atoms with Gasteiger partial charge in [-0.15, -0.1) is 0 Å². The van der Waals surface area contributed by atoms with Gasteiger partial charge in [-0.25, -0.2) is 9.52 Å². The van der Waals surface area contributed by atoms with Gasteiger partial charge in [-0.3, -0.25) is 0 Å². The summed E-state index contributed by atoms with van der Waals surface area (Å²) >= 11 is 0. The summed E-state index contributed by atoms with van der Waals surface area (Å²) in [5.41, 5.74) is 6.91. The van der Waals surface area contributed by atoms with Crippen LogP contribution in [0, 0.1) is 0 Å². The molecule has 25 heavy (non-hydrogen) atoms. The first-order chi connectivity index (χ1) is 11.8. The summed E-state index contributed by atoms with van der Waals surface area (Å²) in [5.74, 6) is 0.750. The Labute approximate surface area is 147 Å². The van der Waals surface area contributed by atoms with E-state index < -0.39 is 16.3 Å². The molecule has 0 saturated heterocycles. The lowest BCUT2D eigenvalue weighted by Gasteiger charge is -2.40. The van der Waals surface area contributed by atoms with Crippen LogP contribution in [-0.2, 0) is 15.6 Å². The van der Waals surface area contributed by atoms with Gasteiger partial charge >= 0.3 is 16.3 Å². The van der Waals surface area contributed by atoms with Gasteiger partial charge in [-0.05, 0) is 55.2 Å². The maximum atomic E-state index is 11.6. The zero-order valence-electron chi connectivity index (χ0n) is 14.2. The molecular weight excluding hydrogens is 346 g/mol. The third kappa shape index (κ3) is 5.32. The number of hydrogen-bond acceptors (Lipinski definition) is 5. The number of rotatable bonds is 7. The van der Waals surface area contributed by atoms with E-state index in [0.717, 1.165) is 37.0 Å². The van der Waals surface area contributed by atoms with Gasteiger partial charge in [0.15, 0.2) is 0 Å². The molecule has 0 unspecified atom stereocenters. The minimum atomic E-state index is -4.06. The molecule has 140 valence electrons. The molecule has 0 atom stereocenters. The standard InChI is InChI=1S/C16H25N3O5S/c1-24-14-4-2-3-12(11-14)16(7-5-13(17)6-8-16)9-10-18-25(22,23)19-15(20)21/h2-4,11,13,18-19H,5-10,17H2,1H3,(H,20,21)/t13-,16+. The van der Waals surface area contributed by atoms with Crippen molar-refractivity contribution in [2.75, 3.05) is 13.7 Å². The van der Waals surface area contributed by atoms with E-state index in [1.807, 2.05) is 24.3 Å². The van der Waals surface area contributed by atoms with Crippen molar-refractivity contribution in [3.8, 4) is 5.75 Å². The molecule has 2 rings (SSSR count). The van der Waals surface area contributed by atoms with Gasteiger partial charge in [0.1, 0.15) is 5.75 Å². The van der Waals surface area contributed by atoms with E-state index in [2.05, 4.69) is 4.72 Å². The van der Waals surface area contributed by atoms with E-state index in [9.17, 15) is 13.2 Å². The number of nitrogens with two attached hydrogens (primary N) is 1. The van der Waals surface area contributed by atoms with Gasteiger partial charge in [0.05, 0.1) is 7.11 Å². The first-order valence-corrected chi connectivity index (χ1v) is 9.65. The summed E-state index contributed by atoms with van der Waals surface area (Å²) in [6, 6.07) is 7.93. The van der Waals surface area contributed by atoms with Crippen molar-refractivity contribution in [3.05, 3.63) is 29.8 Å². The second-order valence-electron chi connectivity index (χ2n) is 6.40. The molecular formula is C16H25N3O5S. The van der Waals surface area contributed by atoms with Gasteiger partial charge < -0.3 is 15.6 Å². The summed E-state index contributed by atoms with van der Waals surface area (Å²) < 4.78 is 32.3. The van der Waals surface area contributed by atoms with E-state index in [1.165, 1.54) is 4.72 Å². The van der Waals surface area contributed by atoms with E-state index in [0.29, 0.717) is 6.42 Å². The summed E-state index contributed by atoms with van der Waals surface area (Å²) in [6.45, 7) is 0.134. The lowest BCUT2D eigenvalue weighted by Crippen LogP contribution is -2.43. The van der Waals surface area contributed by atoms with E-state index >= 15 is 0 Å². The van der Waals surface area contributed by atoms with Crippen LogP contribution in [0.4, 0.5) is 4.79 Å². The van der Waals surface area contributed by atoms with Crippen molar-refractivity contribution < 1.29 is 23.1 Å². The van der Waals surface area contributed by atoms with Crippen molar-refractivity contribution in [2.24, 2.45) is 5.73 Å². The second-order valence-corrected chi connectivity index (χ2v) is 7.90. The minimum Gasteiger partial charge on any atom is -0.497 e. The molecule has 0 aromatic heterocycles. The maximum Gasteiger partial charge on any atom is 0.419 e. The normalized spacial score (nSPS) is 23.8. The fourth-order valence-electron chi connectivity index (χ4n) is 3.40. The topological polar surface area (TPSA) is 131 Å². The Hall–Kier alpha value is -1.84. The van der Waals surface area contributed by atoms with Gasteiger partial charge in [-0.2, -0.15) is 13.1 Å². The van der Waals surface area contributed by atoms with Crippen molar-refractivity contribution in [1.29, 1.82) is 0 Å². The summed E-state index contributed by atoms with van der Waals surface area (Å²) in [6.07, 6.45) is 2.34. The van der Waals surface area contributed by atoms with Crippen LogP contribution in [0.2, 0.25) is 0 Å². The molecule has 1 fully saturated rings. The van der Waals surface area contributed by atoms with Gasteiger partial charge in [0.25, 0.3) is 0 Å². The highest BCUT2D eigenvalue weighted by Crippen LogP contribution is 2.42. The molecule has 5 N–H and O–H groups in total. The quantitative estimate of drug-likeness (QED) is 0.572. The molecule has 1 aliphatic carbocycles. The molecule has 8 nitrogen and oxygen atoms in total. The Kier molecular flexibility index (Phi) is 6.26. The highest BCUT2D eigenvalue weighted by molar-refractivity contribution is 7.88. The Balaban J connectivity index is 2.14. The summed E-state index contributed by atoms with van der Waals surface area (Å²) in [5, 5.41) is 8.55. The highest BCUT2D eigenvalue weighted by Gasteiger charge is 2.36. The van der Waals surface area contributed by atoms with Crippen molar-refractivity contribution in [3.63, 3.8) is 0 Å². The smallest absolute Gasteiger partial charge is 0.419 e. The molecule has 9 heteroatoms. The lowest BCUT2D eigenvalue weighted by molar-refractivity contribution is 0.201. The molecule has 0 bridgehead atoms. The van der Waals surface area contributed by atoms with Crippen molar-refractivity contribution in [1.82, 2.24) is 9.44 Å². The molecule has 1 amide bonds. The van der Waals surface area contributed by atoms with Gasteiger partial charge in [-0.1, -0.05) is 12.1 Å². The Morgan fingerprint density at radius 1 is 1.40 bits per heavy atom. The third-order valence-corrected chi connectivity index (χ3v) is 5.81. The first-order valence-electron chi connectivity index (χ1n) is 8.17. The van der Waals surface area contributed by atoms with E-state index in [-0.39, 0.29) is 18.0 Å². The first kappa shape index (κ1) is 19.5. The fraction of sp³-hybridized carbons (Fsp3) is 0.562. The minimum absolute atomic E-state index is 0.134. The third-order valence-electron chi connectivity index (χ3n) is 4.79. The number of benzene rings is 1. The molecule has 0 radical (unpaired) electrons. The average Bonchev–Trinajstić information content (AvgIpc) is 2.55. The fourth-order valence-corrected chi connectivity index (χ4v) is 4.08. The molecule has 1 saturated carbocycles. The number of nitrogens with one attached hydrogen (secondary N) is 2. The van der Waals surface area contributed by atoms with Crippen molar-refractivity contribution in [2.45, 2.75) is 43.6 Å². The molecule has 0 spiro atoms. The van der Waals surface area contributed by atoms with Crippen LogP contribution in [0.25, 0.3) is 0 Å². The lowest BCUT2D eigenvalue weighted by atomic mass is 9.66. The summed E-state index contributed by atoms with van der Waals surface area (Å²) in [7, 11) is -2.46. The predicted molar refractivity (Wildman–Crippen MR) is 93.8 cm³/mol. The van der Waals surface area contributed by atoms with Crippen molar-refractivity contribution >= 4 is 16.3 Å². The number of methoxy groups -OCH3 is 1. The number of hydrogen-bond donors (Lipinski definition) is 4. The SMILES string of the molecule is COc1cccc([C@]2(CCNS(=O)(=O)NC(=O)O)CC[C@H](N)CC2)c1. The summed E-state index contributed by atoms with van der Waals surface area (Å²) in [4.78, 5) is 10.5. The Bertz CT molecular complexity index is 699. The van der Waals surface area contributed by atoms with Crippen LogP contribution in [0.15, 0.2) is 24.3 Å². The number of carbonyl (C=O) groups is 1. The molecule has 1 aliphatic rings. The van der Waals surface area contributed by atoms with Crippen LogP contribution >= 0.6 is 0 Å². The Morgan fingerprint density at radius 3 is 2.68 bits per heavy atom. The van der Waals surface area contributed by atoms with Crippen LogP contribution in [0.3, 0.4) is 0 Å². The zero-order valence-corrected chi connectivity index (χ0v) is 15.0. The van der Waals surface area contributed by atoms with E-state index in [1.54, 1.807) is 7.11 Å². The molecule has 1 aromatic rings. The van der Waals surface area contributed by atoms with Crippen LogP contribution in [0.1, 0.15) is 37.7 Å². The zero-order chi connectivity index (χ0) is 18.5. The van der Waals surface area contributed by atoms with E-state index in [4.69, 9.17) is 15.6 Å². The predicted octanol–water partition coefficient (Wildman–Crippen LogP) is 1.33. The van der Waals surface area contributed by atoms with Crippen LogP contribution in [-0.4, -0.2) is 39.3 Å². The second kappa shape index (κ2) is 8.03. The highest BCUT2D eigenvalue weighted by atomic mass is 32.2. The number of ether oxygens (including phenoxy) is 1. The number of carboxylic acid groups (broad SMARTS) is 1. The van der Waals surface area contributed by atoms with Crippen LogP contribution < -0.4 is 19.9 Å². The number of amides is 1. The molecule has 1 aromatic carbocycles. The maximum absolute atomic E-state index is 11.6. The Morgan fingerprint density at radius 2 is 2.08 bits per heavy atom. The van der Waals surface area contributed by atoms with Gasteiger partial charge in [0.2, 0.25) is 0 Å². The molecule has 0 aliphatic heterocycles. The largest absolute Gasteiger partial charge is 0.497 e. The molecule has 0 heterocycles. The van der Waals surface area contributed by atoms with Crippen LogP contribution in [0.5, 0.6) is 5.75 Å².